The number of nitrogens with zero attached hydrogens (tertiary/aromatic N) is 1. The average Bonchev–Trinajstić information content (AvgIpc) is 2.90. The van der Waals surface area contributed by atoms with Crippen LogP contribution in [0.4, 0.5) is 0 Å². The molecule has 0 aliphatic carbocycles. The van der Waals surface area contributed by atoms with E-state index in [0.717, 1.165) is 38.5 Å². The van der Waals surface area contributed by atoms with Crippen molar-refractivity contribution in [2.45, 2.75) is 116 Å². The fourth-order valence-corrected chi connectivity index (χ4v) is 4.53. The second-order valence-electron chi connectivity index (χ2n) is 11.6. The maximum absolute atomic E-state index is 12.2. The van der Waals surface area contributed by atoms with Crippen LogP contribution >= 0.6 is 7.82 Å². The van der Waals surface area contributed by atoms with Crippen molar-refractivity contribution in [1.29, 1.82) is 0 Å². The molecule has 0 aromatic heterocycles. The van der Waals surface area contributed by atoms with Crippen LogP contribution < -0.4 is 4.89 Å². The van der Waals surface area contributed by atoms with Crippen molar-refractivity contribution in [2.75, 3.05) is 47.5 Å². The highest BCUT2D eigenvalue weighted by molar-refractivity contribution is 7.45. The van der Waals surface area contributed by atoms with Gasteiger partial charge in [-0.15, -0.1) is 0 Å². The molecule has 0 heterocycles. The molecule has 0 spiro atoms. The number of carboxylic acid groups (broad SMARTS) is 1. The Hall–Kier alpha value is -1.78. The Bertz CT molecular complexity index is 812. The Labute approximate surface area is 253 Å². The number of phosphoric acid groups is 1. The van der Waals surface area contributed by atoms with Crippen molar-refractivity contribution >= 4 is 25.7 Å². The van der Waals surface area contributed by atoms with Gasteiger partial charge in [0.15, 0.2) is 6.10 Å². The molecule has 0 bridgehead atoms. The van der Waals surface area contributed by atoms with E-state index in [-0.39, 0.29) is 13.0 Å². The summed E-state index contributed by atoms with van der Waals surface area (Å²) in [6, 6.07) is 0. The largest absolute Gasteiger partial charge is 0.756 e. The molecule has 0 aromatic carbocycles. The van der Waals surface area contributed by atoms with Crippen molar-refractivity contribution < 1.29 is 52.0 Å². The van der Waals surface area contributed by atoms with E-state index in [2.05, 4.69) is 19.1 Å². The summed E-state index contributed by atoms with van der Waals surface area (Å²) in [5.41, 5.74) is 0. The van der Waals surface area contributed by atoms with Gasteiger partial charge in [-0.05, 0) is 32.1 Å². The monoisotopic (exact) mass is 621 g/mol. The van der Waals surface area contributed by atoms with Gasteiger partial charge in [0.2, 0.25) is 0 Å². The van der Waals surface area contributed by atoms with Gasteiger partial charge in [-0.3, -0.25) is 18.9 Å². The molecule has 0 amide bonds. The second-order valence-corrected chi connectivity index (χ2v) is 13.0. The Balaban J connectivity index is 4.27. The van der Waals surface area contributed by atoms with Gasteiger partial charge in [0.05, 0.1) is 40.6 Å². The second kappa shape index (κ2) is 24.6. The summed E-state index contributed by atoms with van der Waals surface area (Å²) in [4.78, 5) is 46.9. The molecule has 0 radical (unpaired) electrons. The SMILES string of the molecule is CCCCCCCC/C=C\CCCCCCCC(=O)OC[C@H](COP(=O)([O-])OCC[N+](C)(C)C)OC(=O)CCC(=O)O. The zero-order valence-corrected chi connectivity index (χ0v) is 27.3. The first-order chi connectivity index (χ1) is 19.8. The van der Waals surface area contributed by atoms with E-state index in [9.17, 15) is 23.8 Å². The number of carbonyl (C=O) groups is 3. The average molecular weight is 622 g/mol. The van der Waals surface area contributed by atoms with Gasteiger partial charge in [0.25, 0.3) is 7.82 Å². The maximum Gasteiger partial charge on any atom is 0.306 e. The lowest BCUT2D eigenvalue weighted by Crippen LogP contribution is -2.37. The number of aliphatic carboxylic acids is 1. The molecule has 42 heavy (non-hydrogen) atoms. The molecule has 1 N–H and O–H groups in total. The van der Waals surface area contributed by atoms with Crippen molar-refractivity contribution in [3.05, 3.63) is 12.2 Å². The summed E-state index contributed by atoms with van der Waals surface area (Å²) in [7, 11) is 0.928. The smallest absolute Gasteiger partial charge is 0.306 e. The van der Waals surface area contributed by atoms with Gasteiger partial charge in [0, 0.05) is 6.42 Å². The summed E-state index contributed by atoms with van der Waals surface area (Å²) >= 11 is 0. The van der Waals surface area contributed by atoms with Crippen LogP contribution in [0.2, 0.25) is 0 Å². The summed E-state index contributed by atoms with van der Waals surface area (Å²) in [5.74, 6) is -2.55. The van der Waals surface area contributed by atoms with Crippen molar-refractivity contribution in [2.24, 2.45) is 0 Å². The third-order valence-corrected chi connectivity index (χ3v) is 7.31. The normalized spacial score (nSPS) is 14.0. The van der Waals surface area contributed by atoms with E-state index in [1.54, 1.807) is 0 Å². The van der Waals surface area contributed by atoms with Crippen molar-refractivity contribution in [3.63, 3.8) is 0 Å². The zero-order chi connectivity index (χ0) is 31.7. The van der Waals surface area contributed by atoms with Gasteiger partial charge in [-0.25, -0.2) is 0 Å². The number of quaternary nitrogens is 1. The molecular weight excluding hydrogens is 565 g/mol. The van der Waals surface area contributed by atoms with Gasteiger partial charge in [-0.2, -0.15) is 0 Å². The Morgan fingerprint density at radius 1 is 0.786 bits per heavy atom. The van der Waals surface area contributed by atoms with Crippen LogP contribution in [0, 0.1) is 0 Å². The summed E-state index contributed by atoms with van der Waals surface area (Å²) in [6.07, 6.45) is 17.5. The predicted octanol–water partition coefficient (Wildman–Crippen LogP) is 5.55. The molecule has 0 fully saturated rings. The number of likely N-dealkylation sites (N-methyl/N-ethyl adjacent to an activating group) is 1. The maximum atomic E-state index is 12.2. The van der Waals surface area contributed by atoms with E-state index < -0.39 is 57.9 Å². The van der Waals surface area contributed by atoms with Crippen molar-refractivity contribution in [3.8, 4) is 0 Å². The molecule has 0 rings (SSSR count). The van der Waals surface area contributed by atoms with Crippen LogP contribution in [-0.4, -0.2) is 81.1 Å². The highest BCUT2D eigenvalue weighted by Crippen LogP contribution is 2.38. The minimum Gasteiger partial charge on any atom is -0.756 e. The number of rotatable bonds is 28. The van der Waals surface area contributed by atoms with Crippen LogP contribution in [0.15, 0.2) is 12.2 Å². The third kappa shape index (κ3) is 28.3. The number of hydrogen-bond acceptors (Lipinski definition) is 9. The van der Waals surface area contributed by atoms with Gasteiger partial charge < -0.3 is 33.0 Å². The highest BCUT2D eigenvalue weighted by atomic mass is 31.2. The van der Waals surface area contributed by atoms with Gasteiger partial charge in [-0.1, -0.05) is 70.4 Å². The number of unbranched alkanes of at least 4 members (excludes halogenated alkanes) is 11. The van der Waals surface area contributed by atoms with Crippen LogP contribution in [0.5, 0.6) is 0 Å². The first-order valence-corrected chi connectivity index (χ1v) is 16.9. The fraction of sp³-hybridized carbons (Fsp3) is 0.833. The minimum absolute atomic E-state index is 0.0989. The molecule has 246 valence electrons. The first kappa shape index (κ1) is 40.2. The predicted molar refractivity (Wildman–Crippen MR) is 160 cm³/mol. The molecule has 0 aliphatic heterocycles. The number of allylic oxidation sites excluding steroid dienone is 2. The van der Waals surface area contributed by atoms with E-state index in [0.29, 0.717) is 17.4 Å². The number of carbonyl (C=O) groups excluding carboxylic acids is 2. The topological polar surface area (TPSA) is 148 Å². The number of hydrogen-bond donors (Lipinski definition) is 1. The fourth-order valence-electron chi connectivity index (χ4n) is 3.81. The van der Waals surface area contributed by atoms with Gasteiger partial charge >= 0.3 is 17.9 Å². The lowest BCUT2D eigenvalue weighted by atomic mass is 10.1. The van der Waals surface area contributed by atoms with E-state index in [1.165, 1.54) is 38.5 Å². The molecule has 1 unspecified atom stereocenters. The van der Waals surface area contributed by atoms with E-state index >= 15 is 0 Å². The quantitative estimate of drug-likeness (QED) is 0.0387. The Kier molecular flexibility index (Phi) is 23.6. The zero-order valence-electron chi connectivity index (χ0n) is 26.4. The first-order valence-electron chi connectivity index (χ1n) is 15.5. The molecule has 0 saturated heterocycles. The molecule has 11 nitrogen and oxygen atoms in total. The highest BCUT2D eigenvalue weighted by Gasteiger charge is 2.22. The van der Waals surface area contributed by atoms with E-state index in [4.69, 9.17) is 23.6 Å². The third-order valence-electron chi connectivity index (χ3n) is 6.34. The summed E-state index contributed by atoms with van der Waals surface area (Å²) in [5, 5.41) is 8.75. The molecule has 0 saturated carbocycles. The minimum atomic E-state index is -4.69. The van der Waals surface area contributed by atoms with E-state index in [1.807, 2.05) is 21.1 Å². The summed E-state index contributed by atoms with van der Waals surface area (Å²) < 4.78 is 32.5. The lowest BCUT2D eigenvalue weighted by Gasteiger charge is -2.28. The van der Waals surface area contributed by atoms with Crippen LogP contribution in [0.25, 0.3) is 0 Å². The number of carboxylic acids is 1. The number of esters is 2. The molecule has 0 aromatic rings. The van der Waals surface area contributed by atoms with Crippen LogP contribution in [0.3, 0.4) is 0 Å². The number of phosphoric ester groups is 1. The lowest BCUT2D eigenvalue weighted by molar-refractivity contribution is -0.870. The Morgan fingerprint density at radius 3 is 1.93 bits per heavy atom. The number of ether oxygens (including phenoxy) is 2. The Morgan fingerprint density at radius 2 is 1.36 bits per heavy atom. The van der Waals surface area contributed by atoms with Crippen molar-refractivity contribution in [1.82, 2.24) is 0 Å². The molecule has 2 atom stereocenters. The molecule has 12 heteroatoms. The molecule has 0 aliphatic rings. The van der Waals surface area contributed by atoms with Crippen LogP contribution in [0.1, 0.15) is 110 Å². The standard InChI is InChI=1S/C30H56NO10P/c1-5-6-7-8-9-10-11-12-13-14-15-16-17-18-19-20-29(34)38-25-27(41-30(35)22-21-28(32)33)26-40-42(36,37)39-24-23-31(2,3)4/h12-13,27H,5-11,14-26H2,1-4H3,(H-,32,33,36,37)/b13-12-/t27-/m1/s1. The summed E-state index contributed by atoms with van der Waals surface area (Å²) in [6.45, 7) is 1.51. The van der Waals surface area contributed by atoms with Gasteiger partial charge in [0.1, 0.15) is 19.8 Å². The molecular formula is C30H56NO10P. The van der Waals surface area contributed by atoms with Crippen LogP contribution in [-0.2, 0) is 37.5 Å².